The van der Waals surface area contributed by atoms with Gasteiger partial charge in [0.1, 0.15) is 0 Å². The van der Waals surface area contributed by atoms with E-state index in [1.165, 1.54) is 11.7 Å². The van der Waals surface area contributed by atoms with E-state index in [1.807, 2.05) is 0 Å². The molecule has 0 aliphatic rings. The molecule has 0 aliphatic carbocycles. The van der Waals surface area contributed by atoms with Crippen molar-refractivity contribution in [3.05, 3.63) is 11.7 Å². The van der Waals surface area contributed by atoms with Crippen molar-refractivity contribution in [2.45, 2.75) is 4.21 Å². The van der Waals surface area contributed by atoms with Crippen molar-refractivity contribution in [3.8, 4) is 0 Å². The van der Waals surface area contributed by atoms with Gasteiger partial charge in [0.05, 0.1) is 15.9 Å². The summed E-state index contributed by atoms with van der Waals surface area (Å²) in [5.41, 5.74) is 1.48. The molecule has 1 atom stereocenters. The van der Waals surface area contributed by atoms with Crippen LogP contribution < -0.4 is 29.6 Å². The van der Waals surface area contributed by atoms with Crippen LogP contribution in [-0.4, -0.2) is 13.7 Å². The Kier molecular flexibility index (Phi) is 4.91. The summed E-state index contributed by atoms with van der Waals surface area (Å²) in [7, 11) is 0. The maximum Gasteiger partial charge on any atom is 1.00 e. The van der Waals surface area contributed by atoms with E-state index in [0.29, 0.717) is 0 Å². The first-order valence-electron chi connectivity index (χ1n) is 1.78. The zero-order valence-corrected chi connectivity index (χ0v) is 8.37. The standard InChI is InChI=1S/C3H3NO2S2.Na/c5-8(6)3-1-4-2-7-3;/h1-2H,(H,5,6);/q;+1/p-1. The molecule has 1 rings (SSSR count). The molecule has 0 saturated carbocycles. The van der Waals surface area contributed by atoms with Crippen LogP contribution in [0.2, 0.25) is 0 Å². The van der Waals surface area contributed by atoms with Crippen LogP contribution in [0.4, 0.5) is 0 Å². The van der Waals surface area contributed by atoms with E-state index in [9.17, 15) is 8.76 Å². The number of thiazole rings is 1. The van der Waals surface area contributed by atoms with Gasteiger partial charge in [0.25, 0.3) is 0 Å². The quantitative estimate of drug-likeness (QED) is 0.343. The zero-order valence-electron chi connectivity index (χ0n) is 4.73. The summed E-state index contributed by atoms with van der Waals surface area (Å²) in [4.78, 5) is 3.57. The fourth-order valence-corrected chi connectivity index (χ4v) is 1.22. The first-order chi connectivity index (χ1) is 3.80. The van der Waals surface area contributed by atoms with Gasteiger partial charge in [-0.3, -0.25) is 9.19 Å². The van der Waals surface area contributed by atoms with Crippen molar-refractivity contribution in [1.82, 2.24) is 4.98 Å². The van der Waals surface area contributed by atoms with Crippen LogP contribution in [0, 0.1) is 0 Å². The summed E-state index contributed by atoms with van der Waals surface area (Å²) in [6.45, 7) is 0. The molecule has 0 aliphatic heterocycles. The Morgan fingerprint density at radius 1 is 1.78 bits per heavy atom. The summed E-state index contributed by atoms with van der Waals surface area (Å²) in [5.74, 6) is 0. The molecule has 0 amide bonds. The van der Waals surface area contributed by atoms with Gasteiger partial charge in [-0.05, 0) is 11.1 Å². The van der Waals surface area contributed by atoms with Crippen LogP contribution in [-0.2, 0) is 11.1 Å². The molecule has 0 aromatic carbocycles. The second-order valence-corrected chi connectivity index (χ2v) is 3.11. The van der Waals surface area contributed by atoms with Crippen LogP contribution in [0.5, 0.6) is 0 Å². The number of hydrogen-bond acceptors (Lipinski definition) is 4. The molecule has 1 aromatic heterocycles. The van der Waals surface area contributed by atoms with Gasteiger partial charge in [0.2, 0.25) is 0 Å². The third-order valence-electron chi connectivity index (χ3n) is 0.574. The second kappa shape index (κ2) is 4.54. The fourth-order valence-electron chi connectivity index (χ4n) is 0.286. The van der Waals surface area contributed by atoms with Gasteiger partial charge in [-0.1, -0.05) is 0 Å². The molecule has 3 nitrogen and oxygen atoms in total. The Morgan fingerprint density at radius 3 is 2.67 bits per heavy atom. The SMILES string of the molecule is O=S([O-])c1cncs1.[Na+]. The van der Waals surface area contributed by atoms with Crippen molar-refractivity contribution in [1.29, 1.82) is 0 Å². The van der Waals surface area contributed by atoms with Gasteiger partial charge in [0, 0.05) is 0 Å². The van der Waals surface area contributed by atoms with Gasteiger partial charge < -0.3 is 4.55 Å². The van der Waals surface area contributed by atoms with E-state index < -0.39 is 11.1 Å². The van der Waals surface area contributed by atoms with Crippen LogP contribution in [0.15, 0.2) is 15.9 Å². The minimum Gasteiger partial charge on any atom is -0.768 e. The Hall–Kier alpha value is 0.740. The average molecular weight is 171 g/mol. The predicted molar refractivity (Wildman–Crippen MR) is 29.3 cm³/mol. The minimum atomic E-state index is -2.09. The maximum atomic E-state index is 10.0. The van der Waals surface area contributed by atoms with Crippen molar-refractivity contribution in [2.75, 3.05) is 0 Å². The van der Waals surface area contributed by atoms with E-state index in [0.717, 1.165) is 11.3 Å². The Labute approximate surface area is 81.1 Å². The van der Waals surface area contributed by atoms with Gasteiger partial charge in [-0.15, -0.1) is 11.3 Å². The fraction of sp³-hybridized carbons (Fsp3) is 0. The molecular weight excluding hydrogens is 169 g/mol. The summed E-state index contributed by atoms with van der Waals surface area (Å²) in [6, 6.07) is 0. The van der Waals surface area contributed by atoms with Crippen LogP contribution in [0.25, 0.3) is 0 Å². The van der Waals surface area contributed by atoms with Crippen LogP contribution in [0.3, 0.4) is 0 Å². The molecule has 0 saturated heterocycles. The van der Waals surface area contributed by atoms with E-state index in [1.54, 1.807) is 0 Å². The van der Waals surface area contributed by atoms with E-state index >= 15 is 0 Å². The van der Waals surface area contributed by atoms with Gasteiger partial charge >= 0.3 is 29.6 Å². The molecule has 0 N–H and O–H groups in total. The van der Waals surface area contributed by atoms with Gasteiger partial charge in [-0.25, -0.2) is 0 Å². The molecule has 44 valence electrons. The predicted octanol–water partition coefficient (Wildman–Crippen LogP) is -2.61. The smallest absolute Gasteiger partial charge is 0.768 e. The van der Waals surface area contributed by atoms with Crippen molar-refractivity contribution in [2.24, 2.45) is 0 Å². The molecule has 0 radical (unpaired) electrons. The normalized spacial score (nSPS) is 12.1. The van der Waals surface area contributed by atoms with Gasteiger partial charge in [-0.2, -0.15) is 0 Å². The minimum absolute atomic E-state index is 0. The van der Waals surface area contributed by atoms with Crippen LogP contribution in [0.1, 0.15) is 0 Å². The van der Waals surface area contributed by atoms with E-state index in [4.69, 9.17) is 0 Å². The second-order valence-electron chi connectivity index (χ2n) is 1.06. The molecule has 1 heterocycles. The first kappa shape index (κ1) is 9.74. The molecule has 1 unspecified atom stereocenters. The van der Waals surface area contributed by atoms with E-state index in [-0.39, 0.29) is 33.8 Å². The summed E-state index contributed by atoms with van der Waals surface area (Å²) >= 11 is -0.985. The maximum absolute atomic E-state index is 10.0. The van der Waals surface area contributed by atoms with Crippen molar-refractivity contribution >= 4 is 22.4 Å². The average Bonchev–Trinajstić information content (AvgIpc) is 2.12. The third kappa shape index (κ3) is 2.88. The van der Waals surface area contributed by atoms with Crippen molar-refractivity contribution < 1.29 is 38.3 Å². The van der Waals surface area contributed by atoms with Crippen LogP contribution >= 0.6 is 11.3 Å². The molecule has 0 spiro atoms. The zero-order chi connectivity index (χ0) is 5.98. The summed E-state index contributed by atoms with van der Waals surface area (Å²) in [5, 5.41) is 0. The molecule has 0 fully saturated rings. The number of aromatic nitrogens is 1. The third-order valence-corrected chi connectivity index (χ3v) is 2.27. The molecule has 0 bridgehead atoms. The number of nitrogens with zero attached hydrogens (tertiary/aromatic N) is 1. The molecule has 1 aromatic rings. The molecule has 9 heavy (non-hydrogen) atoms. The largest absolute Gasteiger partial charge is 1.00 e. The number of rotatable bonds is 1. The first-order valence-corrected chi connectivity index (χ1v) is 3.74. The number of hydrogen-bond donors (Lipinski definition) is 0. The Bertz CT molecular complexity index is 188. The van der Waals surface area contributed by atoms with Crippen molar-refractivity contribution in [3.63, 3.8) is 0 Å². The Morgan fingerprint density at radius 2 is 2.44 bits per heavy atom. The summed E-state index contributed by atoms with van der Waals surface area (Å²) in [6.07, 6.45) is 1.31. The Balaban J connectivity index is 0.000000640. The molecular formula is C3H2NNaO2S2. The van der Waals surface area contributed by atoms with Gasteiger partial charge in [0.15, 0.2) is 0 Å². The molecule has 6 heteroatoms. The summed E-state index contributed by atoms with van der Waals surface area (Å²) < 4.78 is 20.3. The monoisotopic (exact) mass is 171 g/mol. The topological polar surface area (TPSA) is 53.0 Å². The van der Waals surface area contributed by atoms with E-state index in [2.05, 4.69) is 4.98 Å².